The van der Waals surface area contributed by atoms with Crippen LogP contribution >= 0.6 is 0 Å². The third-order valence-electron chi connectivity index (χ3n) is 4.87. The van der Waals surface area contributed by atoms with Gasteiger partial charge < -0.3 is 14.8 Å². The molecule has 32 heavy (non-hydrogen) atoms. The highest BCUT2D eigenvalue weighted by Gasteiger charge is 2.27. The van der Waals surface area contributed by atoms with Crippen molar-refractivity contribution in [3.63, 3.8) is 0 Å². The Bertz CT molecular complexity index is 1180. The van der Waals surface area contributed by atoms with Crippen molar-refractivity contribution >= 4 is 11.6 Å². The monoisotopic (exact) mass is 455 g/mol. The maximum atomic E-state index is 14.0. The Morgan fingerprint density at radius 2 is 1.50 bits per heavy atom. The summed E-state index contributed by atoms with van der Waals surface area (Å²) in [5.74, 6) is -9.98. The molecule has 0 fully saturated rings. The van der Waals surface area contributed by atoms with Gasteiger partial charge in [0.05, 0.1) is 43.4 Å². The van der Waals surface area contributed by atoms with Crippen LogP contribution in [0, 0.1) is 42.9 Å². The van der Waals surface area contributed by atoms with Gasteiger partial charge in [0, 0.05) is 5.56 Å². The number of carbonyl (C=O) groups excluding carboxylic acids is 1. The van der Waals surface area contributed by atoms with Gasteiger partial charge in [0.25, 0.3) is 5.91 Å². The third-order valence-corrected chi connectivity index (χ3v) is 4.87. The van der Waals surface area contributed by atoms with Gasteiger partial charge in [-0.1, -0.05) is 0 Å². The molecule has 0 aliphatic rings. The van der Waals surface area contributed by atoms with Crippen molar-refractivity contribution in [3.05, 3.63) is 69.8 Å². The Hall–Kier alpha value is -3.63. The quantitative estimate of drug-likeness (QED) is 0.338. The first-order chi connectivity index (χ1) is 15.1. The lowest BCUT2D eigenvalue weighted by molar-refractivity contribution is 0.102. The molecule has 0 bridgehead atoms. The van der Waals surface area contributed by atoms with Crippen LogP contribution in [-0.2, 0) is 6.54 Å². The van der Waals surface area contributed by atoms with Gasteiger partial charge in [-0.25, -0.2) is 22.0 Å². The van der Waals surface area contributed by atoms with Gasteiger partial charge in [-0.3, -0.25) is 9.48 Å². The number of aromatic nitrogens is 2. The average molecular weight is 455 g/mol. The molecule has 1 amide bonds. The van der Waals surface area contributed by atoms with Gasteiger partial charge in [0.2, 0.25) is 5.82 Å². The minimum absolute atomic E-state index is 0.230. The number of hydrogen-bond donors (Lipinski definition) is 1. The van der Waals surface area contributed by atoms with E-state index in [4.69, 9.17) is 9.47 Å². The lowest BCUT2D eigenvalue weighted by atomic mass is 10.1. The second kappa shape index (κ2) is 8.85. The SMILES string of the molecule is COc1ccc(C(=O)Nc2c(C)nn(Cc3c(F)c(F)c(F)c(F)c3F)c2C)cc1OC. The average Bonchev–Trinajstić information content (AvgIpc) is 3.05. The van der Waals surface area contributed by atoms with Crippen LogP contribution in [-0.4, -0.2) is 29.9 Å². The zero-order valence-corrected chi connectivity index (χ0v) is 17.4. The molecule has 1 N–H and O–H groups in total. The van der Waals surface area contributed by atoms with Gasteiger partial charge in [0.1, 0.15) is 0 Å². The maximum Gasteiger partial charge on any atom is 0.255 e. The summed E-state index contributed by atoms with van der Waals surface area (Å²) < 4.78 is 79.7. The van der Waals surface area contributed by atoms with Crippen LogP contribution in [0.5, 0.6) is 11.5 Å². The van der Waals surface area contributed by atoms with Gasteiger partial charge in [-0.05, 0) is 32.0 Å². The highest BCUT2D eigenvalue weighted by atomic mass is 19.2. The Balaban J connectivity index is 1.92. The third kappa shape index (κ3) is 3.97. The van der Waals surface area contributed by atoms with E-state index in [0.29, 0.717) is 11.5 Å². The number of nitrogens with one attached hydrogen (secondary N) is 1. The fraction of sp³-hybridized carbons (Fsp3) is 0.238. The molecule has 170 valence electrons. The zero-order valence-electron chi connectivity index (χ0n) is 17.4. The maximum absolute atomic E-state index is 14.0. The molecule has 0 saturated carbocycles. The zero-order chi connectivity index (χ0) is 23.7. The van der Waals surface area contributed by atoms with Crippen LogP contribution in [0.15, 0.2) is 18.2 Å². The van der Waals surface area contributed by atoms with Crippen molar-refractivity contribution < 1.29 is 36.2 Å². The van der Waals surface area contributed by atoms with Crippen LogP contribution in [0.25, 0.3) is 0 Å². The minimum Gasteiger partial charge on any atom is -0.493 e. The fourth-order valence-electron chi connectivity index (χ4n) is 3.13. The van der Waals surface area contributed by atoms with Crippen LogP contribution < -0.4 is 14.8 Å². The number of aryl methyl sites for hydroxylation is 1. The highest BCUT2D eigenvalue weighted by Crippen LogP contribution is 2.29. The molecule has 0 spiro atoms. The number of amides is 1. The summed E-state index contributed by atoms with van der Waals surface area (Å²) in [6.45, 7) is 2.27. The van der Waals surface area contributed by atoms with Crippen molar-refractivity contribution in [2.75, 3.05) is 19.5 Å². The fourth-order valence-corrected chi connectivity index (χ4v) is 3.13. The van der Waals surface area contributed by atoms with E-state index >= 15 is 0 Å². The predicted molar refractivity (Wildman–Crippen MR) is 105 cm³/mol. The second-order valence-electron chi connectivity index (χ2n) is 6.78. The molecule has 0 aliphatic heterocycles. The molecule has 6 nitrogen and oxygen atoms in total. The summed E-state index contributed by atoms with van der Waals surface area (Å²) in [4.78, 5) is 12.7. The number of halogens is 5. The van der Waals surface area contributed by atoms with Gasteiger partial charge >= 0.3 is 0 Å². The first-order valence-electron chi connectivity index (χ1n) is 9.18. The number of rotatable bonds is 6. The molecular weight excluding hydrogens is 437 g/mol. The van der Waals surface area contributed by atoms with Crippen LogP contribution in [0.2, 0.25) is 0 Å². The molecular formula is C21H18F5N3O3. The van der Waals surface area contributed by atoms with Crippen molar-refractivity contribution in [3.8, 4) is 11.5 Å². The Morgan fingerprint density at radius 3 is 2.06 bits per heavy atom. The van der Waals surface area contributed by atoms with Crippen molar-refractivity contribution in [1.29, 1.82) is 0 Å². The normalized spacial score (nSPS) is 10.9. The summed E-state index contributed by atoms with van der Waals surface area (Å²) in [5, 5.41) is 6.70. The summed E-state index contributed by atoms with van der Waals surface area (Å²) in [7, 11) is 2.86. The number of anilines is 1. The lowest BCUT2D eigenvalue weighted by Gasteiger charge is -2.11. The Labute approximate surface area is 179 Å². The number of hydrogen-bond acceptors (Lipinski definition) is 4. The number of ether oxygens (including phenoxy) is 2. The van der Waals surface area contributed by atoms with Crippen molar-refractivity contribution in [2.45, 2.75) is 20.4 Å². The van der Waals surface area contributed by atoms with E-state index in [-0.39, 0.29) is 22.6 Å². The molecule has 1 heterocycles. The summed E-state index contributed by atoms with van der Waals surface area (Å²) in [5.41, 5.74) is -0.0483. The van der Waals surface area contributed by atoms with E-state index in [2.05, 4.69) is 10.4 Å². The summed E-state index contributed by atoms with van der Waals surface area (Å²) in [6.07, 6.45) is 0. The predicted octanol–water partition coefficient (Wildman–Crippen LogP) is 4.51. The molecule has 0 unspecified atom stereocenters. The smallest absolute Gasteiger partial charge is 0.255 e. The Kier molecular flexibility index (Phi) is 6.37. The number of nitrogens with zero attached hydrogens (tertiary/aromatic N) is 2. The largest absolute Gasteiger partial charge is 0.493 e. The topological polar surface area (TPSA) is 65.4 Å². The van der Waals surface area contributed by atoms with Gasteiger partial charge in [-0.15, -0.1) is 0 Å². The van der Waals surface area contributed by atoms with E-state index in [1.165, 1.54) is 40.2 Å². The van der Waals surface area contributed by atoms with E-state index in [0.717, 1.165) is 4.68 Å². The van der Waals surface area contributed by atoms with Gasteiger partial charge in [-0.2, -0.15) is 5.10 Å². The molecule has 0 radical (unpaired) electrons. The van der Waals surface area contributed by atoms with Crippen LogP contribution in [0.3, 0.4) is 0 Å². The van der Waals surface area contributed by atoms with Crippen molar-refractivity contribution in [1.82, 2.24) is 9.78 Å². The minimum atomic E-state index is -2.24. The molecule has 3 aromatic rings. The van der Waals surface area contributed by atoms with E-state index in [1.807, 2.05) is 0 Å². The lowest BCUT2D eigenvalue weighted by Crippen LogP contribution is -2.14. The molecule has 3 rings (SSSR count). The standard InChI is InChI=1S/C21H18F5N3O3/c1-9-20(27-21(30)11-5-6-13(31-3)14(7-11)32-4)10(2)29(28-9)8-12-15(22)17(24)19(26)18(25)16(12)23/h5-7H,8H2,1-4H3,(H,27,30). The van der Waals surface area contributed by atoms with Crippen molar-refractivity contribution in [2.24, 2.45) is 0 Å². The first-order valence-corrected chi connectivity index (χ1v) is 9.18. The van der Waals surface area contributed by atoms with E-state index in [1.54, 1.807) is 6.07 Å². The molecule has 0 saturated heterocycles. The first kappa shape index (κ1) is 23.0. The van der Waals surface area contributed by atoms with Crippen LogP contribution in [0.1, 0.15) is 27.3 Å². The highest BCUT2D eigenvalue weighted by molar-refractivity contribution is 6.05. The van der Waals surface area contributed by atoms with Crippen LogP contribution in [0.4, 0.5) is 27.6 Å². The molecule has 1 aromatic heterocycles. The summed E-state index contributed by atoms with van der Waals surface area (Å²) >= 11 is 0. The summed E-state index contributed by atoms with van der Waals surface area (Å²) in [6, 6.07) is 4.50. The molecule has 0 atom stereocenters. The number of carbonyl (C=O) groups is 1. The number of benzene rings is 2. The Morgan fingerprint density at radius 1 is 0.938 bits per heavy atom. The molecule has 11 heteroatoms. The van der Waals surface area contributed by atoms with E-state index < -0.39 is 47.1 Å². The molecule has 0 aliphatic carbocycles. The second-order valence-corrected chi connectivity index (χ2v) is 6.78. The van der Waals surface area contributed by atoms with Gasteiger partial charge in [0.15, 0.2) is 34.8 Å². The number of methoxy groups -OCH3 is 2. The molecule has 2 aromatic carbocycles. The van der Waals surface area contributed by atoms with E-state index in [9.17, 15) is 26.7 Å².